The number of carbonyl (C=O) groups excluding carboxylic acids is 4. The van der Waals surface area contributed by atoms with Crippen LogP contribution in [0.5, 0.6) is 0 Å². The van der Waals surface area contributed by atoms with Crippen LogP contribution < -0.4 is 0 Å². The first-order valence-electron chi connectivity index (χ1n) is 7.93. The zero-order chi connectivity index (χ0) is 19.3. The molecule has 0 heterocycles. The smallest absolute Gasteiger partial charge is 0.337 e. The monoisotopic (exact) mass is 358 g/mol. The average molecular weight is 358 g/mol. The van der Waals surface area contributed by atoms with E-state index < -0.39 is 5.97 Å². The highest BCUT2D eigenvalue weighted by molar-refractivity contribution is 6.35. The molecule has 0 bridgehead atoms. The molecule has 6 nitrogen and oxygen atoms in total. The number of aromatic carboxylic acids is 1. The summed E-state index contributed by atoms with van der Waals surface area (Å²) in [7, 11) is 0. The molecule has 0 aliphatic carbocycles. The van der Waals surface area contributed by atoms with E-state index >= 15 is 0 Å². The fourth-order valence-corrected chi connectivity index (χ4v) is 3.90. The highest BCUT2D eigenvalue weighted by atomic mass is 16.4. The van der Waals surface area contributed by atoms with Crippen molar-refractivity contribution in [3.8, 4) is 0 Å². The van der Waals surface area contributed by atoms with E-state index in [9.17, 15) is 29.1 Å². The quantitative estimate of drug-likeness (QED) is 0.432. The zero-order valence-electron chi connectivity index (χ0n) is 13.7. The molecular weight excluding hydrogens is 348 g/mol. The molecule has 0 aliphatic heterocycles. The largest absolute Gasteiger partial charge is 0.478 e. The fourth-order valence-electron chi connectivity index (χ4n) is 3.90. The van der Waals surface area contributed by atoms with E-state index in [0.29, 0.717) is 35.0 Å². The maximum Gasteiger partial charge on any atom is 0.337 e. The van der Waals surface area contributed by atoms with Crippen LogP contribution in [0.25, 0.3) is 32.3 Å². The van der Waals surface area contributed by atoms with Crippen molar-refractivity contribution in [3.05, 3.63) is 58.1 Å². The molecular formula is C21H10O6. The molecule has 130 valence electrons. The van der Waals surface area contributed by atoms with Gasteiger partial charge in [-0.15, -0.1) is 0 Å². The summed E-state index contributed by atoms with van der Waals surface area (Å²) >= 11 is 0. The summed E-state index contributed by atoms with van der Waals surface area (Å²) in [4.78, 5) is 58.9. The second-order valence-corrected chi connectivity index (χ2v) is 6.07. The van der Waals surface area contributed by atoms with E-state index in [4.69, 9.17) is 0 Å². The highest BCUT2D eigenvalue weighted by Crippen LogP contribution is 2.42. The van der Waals surface area contributed by atoms with Gasteiger partial charge in [0, 0.05) is 27.6 Å². The number of carbonyl (C=O) groups is 5. The van der Waals surface area contributed by atoms with E-state index in [1.54, 1.807) is 30.3 Å². The van der Waals surface area contributed by atoms with Crippen molar-refractivity contribution in [2.45, 2.75) is 0 Å². The van der Waals surface area contributed by atoms with Crippen molar-refractivity contribution in [1.29, 1.82) is 0 Å². The number of carboxylic acid groups (broad SMARTS) is 1. The lowest BCUT2D eigenvalue weighted by atomic mass is 9.82. The molecule has 0 saturated heterocycles. The minimum absolute atomic E-state index is 0.0386. The van der Waals surface area contributed by atoms with Gasteiger partial charge >= 0.3 is 5.97 Å². The van der Waals surface area contributed by atoms with Crippen LogP contribution in [0.4, 0.5) is 0 Å². The Bertz CT molecular complexity index is 1320. The lowest BCUT2D eigenvalue weighted by molar-refractivity contribution is 0.0696. The van der Waals surface area contributed by atoms with Crippen LogP contribution in [0.3, 0.4) is 0 Å². The molecule has 6 heteroatoms. The molecule has 0 aromatic heterocycles. The highest BCUT2D eigenvalue weighted by Gasteiger charge is 2.27. The van der Waals surface area contributed by atoms with Crippen molar-refractivity contribution in [1.82, 2.24) is 0 Å². The van der Waals surface area contributed by atoms with Gasteiger partial charge in [-0.25, -0.2) is 4.79 Å². The van der Waals surface area contributed by atoms with Crippen LogP contribution in [0.1, 0.15) is 51.8 Å². The molecule has 0 aliphatic rings. The molecule has 27 heavy (non-hydrogen) atoms. The lowest BCUT2D eigenvalue weighted by Gasteiger charge is -2.19. The summed E-state index contributed by atoms with van der Waals surface area (Å²) in [6.07, 6.45) is 1.62. The Kier molecular flexibility index (Phi) is 3.56. The van der Waals surface area contributed by atoms with Gasteiger partial charge in [0.1, 0.15) is 0 Å². The van der Waals surface area contributed by atoms with Gasteiger partial charge < -0.3 is 5.11 Å². The van der Waals surface area contributed by atoms with Crippen molar-refractivity contribution >= 4 is 63.4 Å². The lowest BCUT2D eigenvalue weighted by Crippen LogP contribution is -2.10. The van der Waals surface area contributed by atoms with Gasteiger partial charge in [-0.1, -0.05) is 30.3 Å². The van der Waals surface area contributed by atoms with Crippen LogP contribution in [-0.4, -0.2) is 36.2 Å². The molecule has 0 saturated carbocycles. The Balaban J connectivity index is 2.55. The topological polar surface area (TPSA) is 106 Å². The normalized spacial score (nSPS) is 11.1. The molecule has 0 spiro atoms. The Morgan fingerprint density at radius 2 is 1.30 bits per heavy atom. The van der Waals surface area contributed by atoms with Crippen LogP contribution in [0.15, 0.2) is 30.3 Å². The Hall–Kier alpha value is -3.93. The predicted molar refractivity (Wildman–Crippen MR) is 98.7 cm³/mol. The zero-order valence-corrected chi connectivity index (χ0v) is 13.7. The maximum atomic E-state index is 11.9. The first kappa shape index (κ1) is 16.5. The molecule has 0 radical (unpaired) electrons. The standard InChI is InChI=1S/C21H10O6/c22-6-13-11-3-1-2-10-4-5-12-19(21(26)27)16(9-25)15(8-24)18(14(13)7-23)20(12)17(10)11/h1-9H,(H,26,27). The SMILES string of the molecule is O=Cc1c(C(=O)O)c2ccc3cccc4c(C=O)c(C=O)c(c1C=O)c2c34. The minimum atomic E-state index is -1.36. The van der Waals surface area contributed by atoms with E-state index in [0.717, 1.165) is 5.39 Å². The second-order valence-electron chi connectivity index (χ2n) is 6.07. The number of aldehydes is 4. The third-order valence-electron chi connectivity index (χ3n) is 4.93. The molecule has 4 aromatic rings. The third kappa shape index (κ3) is 1.98. The molecule has 0 fully saturated rings. The Morgan fingerprint density at radius 3 is 1.89 bits per heavy atom. The van der Waals surface area contributed by atoms with Crippen molar-refractivity contribution in [2.24, 2.45) is 0 Å². The maximum absolute atomic E-state index is 11.9. The van der Waals surface area contributed by atoms with E-state index in [1.807, 2.05) is 0 Å². The van der Waals surface area contributed by atoms with Gasteiger partial charge in [0.15, 0.2) is 25.1 Å². The fraction of sp³-hybridized carbons (Fsp3) is 0. The number of rotatable bonds is 5. The summed E-state index contributed by atoms with van der Waals surface area (Å²) in [5.74, 6) is -1.36. The number of carboxylic acids is 1. The Morgan fingerprint density at radius 1 is 0.667 bits per heavy atom. The number of hydrogen-bond acceptors (Lipinski definition) is 5. The predicted octanol–water partition coefficient (Wildman–Crippen LogP) is 3.53. The molecule has 4 rings (SSSR count). The summed E-state index contributed by atoms with van der Waals surface area (Å²) in [5.41, 5.74) is -0.772. The molecule has 0 amide bonds. The van der Waals surface area contributed by atoms with E-state index in [-0.39, 0.29) is 44.9 Å². The van der Waals surface area contributed by atoms with Gasteiger partial charge in [-0.2, -0.15) is 0 Å². The summed E-state index contributed by atoms with van der Waals surface area (Å²) in [5, 5.41) is 12.2. The van der Waals surface area contributed by atoms with Crippen molar-refractivity contribution < 1.29 is 29.1 Å². The second kappa shape index (κ2) is 5.81. The van der Waals surface area contributed by atoms with Crippen molar-refractivity contribution in [2.75, 3.05) is 0 Å². The number of benzene rings is 4. The van der Waals surface area contributed by atoms with Crippen molar-refractivity contribution in [3.63, 3.8) is 0 Å². The summed E-state index contributed by atoms with van der Waals surface area (Å²) in [6, 6.07) is 8.39. The van der Waals surface area contributed by atoms with Crippen LogP contribution in [0.2, 0.25) is 0 Å². The molecule has 1 N–H and O–H groups in total. The average Bonchev–Trinajstić information content (AvgIpc) is 2.69. The first-order chi connectivity index (χ1) is 13.1. The first-order valence-corrected chi connectivity index (χ1v) is 7.93. The van der Waals surface area contributed by atoms with Gasteiger partial charge in [0.2, 0.25) is 0 Å². The molecule has 0 unspecified atom stereocenters. The van der Waals surface area contributed by atoms with Crippen LogP contribution >= 0.6 is 0 Å². The van der Waals surface area contributed by atoms with E-state index in [2.05, 4.69) is 0 Å². The van der Waals surface area contributed by atoms with Gasteiger partial charge in [-0.05, 0) is 26.9 Å². The summed E-state index contributed by atoms with van der Waals surface area (Å²) < 4.78 is 0. The van der Waals surface area contributed by atoms with Crippen LogP contribution in [-0.2, 0) is 0 Å². The third-order valence-corrected chi connectivity index (χ3v) is 4.93. The molecule has 0 atom stereocenters. The molecule has 4 aromatic carbocycles. The minimum Gasteiger partial charge on any atom is -0.478 e. The van der Waals surface area contributed by atoms with Gasteiger partial charge in [0.25, 0.3) is 0 Å². The van der Waals surface area contributed by atoms with Gasteiger partial charge in [0.05, 0.1) is 5.56 Å². The Labute approximate surface area is 151 Å². The van der Waals surface area contributed by atoms with Gasteiger partial charge in [-0.3, -0.25) is 19.2 Å². The summed E-state index contributed by atoms with van der Waals surface area (Å²) in [6.45, 7) is 0. The van der Waals surface area contributed by atoms with E-state index in [1.165, 1.54) is 0 Å². The number of hydrogen-bond donors (Lipinski definition) is 1. The van der Waals surface area contributed by atoms with Crippen LogP contribution in [0, 0.1) is 0 Å².